The van der Waals surface area contributed by atoms with Gasteiger partial charge in [-0.2, -0.15) is 5.10 Å². The molecular formula is C28H29N7O3. The summed E-state index contributed by atoms with van der Waals surface area (Å²) in [6.07, 6.45) is 1.56. The molecule has 0 unspecified atom stereocenters. The van der Waals surface area contributed by atoms with E-state index in [2.05, 4.69) is 41.4 Å². The second-order valence-corrected chi connectivity index (χ2v) is 10.1. The minimum Gasteiger partial charge on any atom is -0.455 e. The number of H-pyrrole nitrogens is 1. The molecule has 0 radical (unpaired) electrons. The molecule has 3 aromatic heterocycles. The van der Waals surface area contributed by atoms with Crippen molar-refractivity contribution in [2.45, 2.75) is 33.1 Å². The fourth-order valence-corrected chi connectivity index (χ4v) is 3.98. The van der Waals surface area contributed by atoms with Crippen LogP contribution in [0.3, 0.4) is 0 Å². The quantitative estimate of drug-likeness (QED) is 0.288. The van der Waals surface area contributed by atoms with E-state index in [1.54, 1.807) is 48.3 Å². The number of hydrogen-bond acceptors (Lipinski definition) is 5. The van der Waals surface area contributed by atoms with Crippen molar-refractivity contribution in [3.05, 3.63) is 88.6 Å². The van der Waals surface area contributed by atoms with Crippen LogP contribution in [0.4, 0.5) is 16.3 Å². The first-order chi connectivity index (χ1) is 18.1. The average molecular weight is 512 g/mol. The number of imidazole rings is 1. The van der Waals surface area contributed by atoms with Crippen LogP contribution in [0.25, 0.3) is 16.9 Å². The summed E-state index contributed by atoms with van der Waals surface area (Å²) in [7, 11) is 1.64. The van der Waals surface area contributed by atoms with E-state index >= 15 is 0 Å². The van der Waals surface area contributed by atoms with Gasteiger partial charge < -0.3 is 10.1 Å². The first-order valence-electron chi connectivity index (χ1n) is 12.2. The number of aromatic nitrogens is 5. The van der Waals surface area contributed by atoms with Gasteiger partial charge in [0.15, 0.2) is 11.4 Å². The smallest absolute Gasteiger partial charge is 0.327 e. The predicted molar refractivity (Wildman–Crippen MR) is 147 cm³/mol. The molecule has 10 heteroatoms. The summed E-state index contributed by atoms with van der Waals surface area (Å²) in [5.74, 6) is 1.51. The van der Waals surface area contributed by atoms with E-state index in [1.165, 1.54) is 4.57 Å². The van der Waals surface area contributed by atoms with Gasteiger partial charge >= 0.3 is 11.7 Å². The van der Waals surface area contributed by atoms with E-state index < -0.39 is 6.03 Å². The third-order valence-corrected chi connectivity index (χ3v) is 6.07. The van der Waals surface area contributed by atoms with E-state index in [1.807, 2.05) is 37.3 Å². The predicted octanol–water partition coefficient (Wildman–Crippen LogP) is 5.49. The number of rotatable bonds is 5. The van der Waals surface area contributed by atoms with Gasteiger partial charge in [-0.25, -0.2) is 19.3 Å². The Kier molecular flexibility index (Phi) is 6.23. The number of nitrogens with zero attached hydrogens (tertiary/aromatic N) is 4. The molecule has 38 heavy (non-hydrogen) atoms. The highest BCUT2D eigenvalue weighted by Crippen LogP contribution is 2.29. The monoisotopic (exact) mass is 511 g/mol. The minimum atomic E-state index is -0.421. The van der Waals surface area contributed by atoms with Gasteiger partial charge in [0.25, 0.3) is 0 Å². The van der Waals surface area contributed by atoms with Gasteiger partial charge in [0.05, 0.1) is 11.4 Å². The number of carbonyl (C=O) groups excluding carboxylic acids is 1. The second kappa shape index (κ2) is 9.55. The molecular weight excluding hydrogens is 482 g/mol. The third kappa shape index (κ3) is 5.01. The number of aromatic amines is 1. The lowest BCUT2D eigenvalue weighted by Crippen LogP contribution is -2.21. The number of aryl methyl sites for hydroxylation is 2. The van der Waals surface area contributed by atoms with Gasteiger partial charge in [-0.1, -0.05) is 44.5 Å². The summed E-state index contributed by atoms with van der Waals surface area (Å²) in [6.45, 7) is 8.25. The van der Waals surface area contributed by atoms with Crippen molar-refractivity contribution in [1.29, 1.82) is 0 Å². The molecule has 2 amide bonds. The molecule has 0 bridgehead atoms. The van der Waals surface area contributed by atoms with Gasteiger partial charge in [0.1, 0.15) is 17.1 Å². The lowest BCUT2D eigenvalue weighted by molar-refractivity contribution is 0.262. The van der Waals surface area contributed by atoms with Crippen LogP contribution in [0.2, 0.25) is 0 Å². The van der Waals surface area contributed by atoms with E-state index in [-0.39, 0.29) is 11.1 Å². The highest BCUT2D eigenvalue weighted by atomic mass is 16.5. The van der Waals surface area contributed by atoms with E-state index in [9.17, 15) is 9.59 Å². The maximum atomic E-state index is 13.0. The Balaban J connectivity index is 1.37. The Bertz CT molecular complexity index is 1690. The van der Waals surface area contributed by atoms with Crippen LogP contribution in [0.1, 0.15) is 32.0 Å². The Hall–Kier alpha value is -4.86. The molecule has 5 aromatic rings. The Morgan fingerprint density at radius 1 is 1.03 bits per heavy atom. The van der Waals surface area contributed by atoms with E-state index in [0.29, 0.717) is 34.2 Å². The number of amides is 2. The largest absolute Gasteiger partial charge is 0.455 e. The molecule has 0 aliphatic rings. The zero-order chi connectivity index (χ0) is 27.0. The number of benzene rings is 2. The number of anilines is 2. The van der Waals surface area contributed by atoms with E-state index in [0.717, 1.165) is 16.9 Å². The minimum absolute atomic E-state index is 0.199. The van der Waals surface area contributed by atoms with Gasteiger partial charge in [-0.15, -0.1) is 0 Å². The van der Waals surface area contributed by atoms with Gasteiger partial charge in [-0.3, -0.25) is 14.9 Å². The molecule has 0 aliphatic heterocycles. The number of fused-ring (bicyclic) bond motifs is 1. The summed E-state index contributed by atoms with van der Waals surface area (Å²) >= 11 is 0. The van der Waals surface area contributed by atoms with Crippen LogP contribution in [0.15, 0.2) is 71.7 Å². The van der Waals surface area contributed by atoms with Crippen molar-refractivity contribution in [3.63, 3.8) is 0 Å². The first kappa shape index (κ1) is 24.8. The number of hydrogen-bond donors (Lipinski definition) is 3. The van der Waals surface area contributed by atoms with Crippen molar-refractivity contribution in [2.75, 3.05) is 10.6 Å². The number of nitrogens with one attached hydrogen (secondary N) is 3. The zero-order valence-corrected chi connectivity index (χ0v) is 21.9. The van der Waals surface area contributed by atoms with Crippen LogP contribution in [0.5, 0.6) is 11.5 Å². The summed E-state index contributed by atoms with van der Waals surface area (Å²) in [5.41, 5.74) is 3.87. The summed E-state index contributed by atoms with van der Waals surface area (Å²) in [6, 6.07) is 18.1. The van der Waals surface area contributed by atoms with Crippen molar-refractivity contribution in [1.82, 2.24) is 24.3 Å². The van der Waals surface area contributed by atoms with Crippen LogP contribution >= 0.6 is 0 Å². The topological polar surface area (TPSA) is 119 Å². The molecule has 5 rings (SSSR count). The van der Waals surface area contributed by atoms with Crippen LogP contribution in [-0.2, 0) is 12.5 Å². The molecule has 3 N–H and O–H groups in total. The summed E-state index contributed by atoms with van der Waals surface area (Å²) in [5, 5.41) is 10.5. The van der Waals surface area contributed by atoms with E-state index in [4.69, 9.17) is 9.84 Å². The molecule has 0 aliphatic carbocycles. The third-order valence-electron chi connectivity index (χ3n) is 6.07. The molecule has 0 saturated carbocycles. The number of ether oxygens (including phenoxy) is 1. The molecule has 0 atom stereocenters. The standard InChI is InChI=1S/C28H29N7O3/c1-17-9-11-19(12-10-17)35-23(16-22(33-35)28(2,3)4)31-26(36)30-18-7-6-8-20(15-18)38-21-13-14-29-25-24(21)34(5)27(37)32-25/h6-16H,1-5H3,(H,29,32,37)(H2,30,31,36). The fourth-order valence-electron chi connectivity index (χ4n) is 3.98. The highest BCUT2D eigenvalue weighted by Gasteiger charge is 2.21. The fraction of sp³-hybridized carbons (Fsp3) is 0.214. The SMILES string of the molecule is Cc1ccc(-n2nc(C(C)(C)C)cc2NC(=O)Nc2cccc(Oc3ccnc4[nH]c(=O)n(C)c34)c2)cc1. The maximum absolute atomic E-state index is 13.0. The normalized spacial score (nSPS) is 11.5. The van der Waals surface area contributed by atoms with Gasteiger partial charge in [0, 0.05) is 42.5 Å². The van der Waals surface area contributed by atoms with Crippen molar-refractivity contribution < 1.29 is 9.53 Å². The number of carbonyl (C=O) groups is 1. The van der Waals surface area contributed by atoms with Crippen molar-refractivity contribution in [2.24, 2.45) is 7.05 Å². The summed E-state index contributed by atoms with van der Waals surface area (Å²) in [4.78, 5) is 31.9. The highest BCUT2D eigenvalue weighted by molar-refractivity contribution is 5.99. The number of urea groups is 1. The molecule has 3 heterocycles. The lowest BCUT2D eigenvalue weighted by Gasteiger charge is -2.14. The van der Waals surface area contributed by atoms with Crippen molar-refractivity contribution >= 4 is 28.7 Å². The van der Waals surface area contributed by atoms with Gasteiger partial charge in [0.2, 0.25) is 0 Å². The molecule has 2 aromatic carbocycles. The Morgan fingerprint density at radius 2 is 1.79 bits per heavy atom. The van der Waals surface area contributed by atoms with Gasteiger partial charge in [-0.05, 0) is 31.2 Å². The zero-order valence-electron chi connectivity index (χ0n) is 21.9. The second-order valence-electron chi connectivity index (χ2n) is 10.1. The molecule has 0 fully saturated rings. The molecule has 0 saturated heterocycles. The molecule has 0 spiro atoms. The van der Waals surface area contributed by atoms with Crippen LogP contribution < -0.4 is 21.1 Å². The maximum Gasteiger partial charge on any atom is 0.327 e. The first-order valence-corrected chi connectivity index (χ1v) is 12.2. The lowest BCUT2D eigenvalue weighted by atomic mass is 9.92. The average Bonchev–Trinajstić information content (AvgIpc) is 3.41. The number of pyridine rings is 1. The molecule has 194 valence electrons. The Labute approximate surface area is 219 Å². The van der Waals surface area contributed by atoms with Crippen LogP contribution in [-0.4, -0.2) is 30.3 Å². The van der Waals surface area contributed by atoms with Crippen molar-refractivity contribution in [3.8, 4) is 17.2 Å². The summed E-state index contributed by atoms with van der Waals surface area (Å²) < 4.78 is 9.22. The Morgan fingerprint density at radius 3 is 2.53 bits per heavy atom. The molecule has 10 nitrogen and oxygen atoms in total. The van der Waals surface area contributed by atoms with Crippen LogP contribution in [0, 0.1) is 6.92 Å².